The third-order valence-electron chi connectivity index (χ3n) is 3.19. The number of aryl methyl sites for hydroxylation is 2. The van der Waals surface area contributed by atoms with E-state index in [0.717, 1.165) is 11.3 Å². The molecule has 0 aliphatic rings. The summed E-state index contributed by atoms with van der Waals surface area (Å²) in [5, 5.41) is 11.5. The second kappa shape index (κ2) is 8.21. The predicted octanol–water partition coefficient (Wildman–Crippen LogP) is 2.20. The highest BCUT2D eigenvalue weighted by Gasteiger charge is 2.11. The average Bonchev–Trinajstić information content (AvgIpc) is 2.40. The van der Waals surface area contributed by atoms with E-state index in [-0.39, 0.29) is 18.9 Å². The molecule has 1 aromatic rings. The zero-order valence-electron chi connectivity index (χ0n) is 12.6. The molecule has 21 heavy (non-hydrogen) atoms. The van der Waals surface area contributed by atoms with Gasteiger partial charge in [-0.25, -0.2) is 0 Å². The number of carboxylic acids is 1. The first kappa shape index (κ1) is 16.9. The third-order valence-corrected chi connectivity index (χ3v) is 3.19. The summed E-state index contributed by atoms with van der Waals surface area (Å²) in [7, 11) is 0. The molecule has 0 aromatic heterocycles. The molecule has 0 atom stereocenters. The van der Waals surface area contributed by atoms with E-state index in [2.05, 4.69) is 11.9 Å². The molecule has 0 heterocycles. The number of amides is 1. The number of carbonyl (C=O) groups excluding carboxylic acids is 1. The fourth-order valence-electron chi connectivity index (χ4n) is 1.89. The quantitative estimate of drug-likeness (QED) is 0.720. The zero-order chi connectivity index (χ0) is 15.8. The van der Waals surface area contributed by atoms with Crippen molar-refractivity contribution in [1.29, 1.82) is 0 Å². The van der Waals surface area contributed by atoms with Crippen LogP contribution in [0.4, 0.5) is 5.69 Å². The van der Waals surface area contributed by atoms with Crippen molar-refractivity contribution in [2.75, 3.05) is 25.0 Å². The Hall–Kier alpha value is -2.14. The van der Waals surface area contributed by atoms with Crippen molar-refractivity contribution >= 4 is 17.6 Å². The summed E-state index contributed by atoms with van der Waals surface area (Å²) in [6.07, 6.45) is 1.66. The van der Waals surface area contributed by atoms with E-state index in [1.807, 2.05) is 32.0 Å². The van der Waals surface area contributed by atoms with Crippen molar-refractivity contribution in [2.24, 2.45) is 0 Å². The fourth-order valence-corrected chi connectivity index (χ4v) is 1.89. The van der Waals surface area contributed by atoms with Crippen LogP contribution in [0.1, 0.15) is 17.5 Å². The topological polar surface area (TPSA) is 69.6 Å². The highest BCUT2D eigenvalue weighted by molar-refractivity contribution is 5.92. The van der Waals surface area contributed by atoms with Crippen molar-refractivity contribution in [2.45, 2.75) is 20.3 Å². The lowest BCUT2D eigenvalue weighted by atomic mass is 10.1. The van der Waals surface area contributed by atoms with E-state index in [9.17, 15) is 9.59 Å². The van der Waals surface area contributed by atoms with Crippen LogP contribution in [0.2, 0.25) is 0 Å². The molecule has 0 aliphatic heterocycles. The smallest absolute Gasteiger partial charge is 0.304 e. The van der Waals surface area contributed by atoms with Crippen LogP contribution in [0, 0.1) is 13.8 Å². The minimum Gasteiger partial charge on any atom is -0.481 e. The van der Waals surface area contributed by atoms with E-state index in [1.54, 1.807) is 11.0 Å². The Balaban J connectivity index is 2.57. The Morgan fingerprint density at radius 2 is 2.05 bits per heavy atom. The van der Waals surface area contributed by atoms with Crippen molar-refractivity contribution in [1.82, 2.24) is 4.90 Å². The third kappa shape index (κ3) is 6.23. The van der Waals surface area contributed by atoms with Gasteiger partial charge in [0.15, 0.2) is 0 Å². The molecule has 5 nitrogen and oxygen atoms in total. The van der Waals surface area contributed by atoms with Crippen LogP contribution in [0.25, 0.3) is 0 Å². The second-order valence-corrected chi connectivity index (χ2v) is 5.01. The Morgan fingerprint density at radius 3 is 2.62 bits per heavy atom. The van der Waals surface area contributed by atoms with Crippen molar-refractivity contribution < 1.29 is 14.7 Å². The molecule has 1 rings (SSSR count). The first-order chi connectivity index (χ1) is 9.92. The number of anilines is 1. The van der Waals surface area contributed by atoms with Gasteiger partial charge in [-0.1, -0.05) is 12.1 Å². The van der Waals surface area contributed by atoms with Gasteiger partial charge < -0.3 is 10.4 Å². The largest absolute Gasteiger partial charge is 0.481 e. The SMILES string of the molecule is C=CCN(CCC(=O)O)CC(=O)Nc1ccc(C)c(C)c1. The number of aliphatic carboxylic acids is 1. The molecule has 0 saturated carbocycles. The minimum absolute atomic E-state index is 0.00472. The molecule has 2 N–H and O–H groups in total. The first-order valence-electron chi connectivity index (χ1n) is 6.84. The molecule has 0 unspecified atom stereocenters. The van der Waals surface area contributed by atoms with Crippen LogP contribution >= 0.6 is 0 Å². The van der Waals surface area contributed by atoms with Gasteiger partial charge >= 0.3 is 5.97 Å². The van der Waals surface area contributed by atoms with Gasteiger partial charge in [0.2, 0.25) is 5.91 Å². The van der Waals surface area contributed by atoms with Gasteiger partial charge in [-0.05, 0) is 37.1 Å². The fraction of sp³-hybridized carbons (Fsp3) is 0.375. The Morgan fingerprint density at radius 1 is 1.33 bits per heavy atom. The van der Waals surface area contributed by atoms with Gasteiger partial charge in [0, 0.05) is 18.8 Å². The Bertz CT molecular complexity index is 526. The van der Waals surface area contributed by atoms with Crippen molar-refractivity contribution in [3.05, 3.63) is 42.0 Å². The monoisotopic (exact) mass is 290 g/mol. The molecule has 0 aliphatic carbocycles. The Kier molecular flexibility index (Phi) is 6.62. The van der Waals surface area contributed by atoms with Crippen LogP contribution in [0.15, 0.2) is 30.9 Å². The molecule has 0 radical (unpaired) electrons. The first-order valence-corrected chi connectivity index (χ1v) is 6.84. The summed E-state index contributed by atoms with van der Waals surface area (Å²) < 4.78 is 0. The van der Waals surface area contributed by atoms with Gasteiger partial charge in [0.25, 0.3) is 0 Å². The average molecular weight is 290 g/mol. The number of nitrogens with one attached hydrogen (secondary N) is 1. The number of benzene rings is 1. The lowest BCUT2D eigenvalue weighted by Crippen LogP contribution is -2.35. The van der Waals surface area contributed by atoms with Crippen LogP contribution < -0.4 is 5.32 Å². The molecule has 1 amide bonds. The second-order valence-electron chi connectivity index (χ2n) is 5.01. The van der Waals surface area contributed by atoms with Crippen LogP contribution in [0.5, 0.6) is 0 Å². The maximum atomic E-state index is 12.0. The molecule has 1 aromatic carbocycles. The Labute approximate surface area is 125 Å². The summed E-state index contributed by atoms with van der Waals surface area (Å²) in [6, 6.07) is 5.73. The molecule has 0 bridgehead atoms. The van der Waals surface area contributed by atoms with Crippen LogP contribution in [-0.4, -0.2) is 41.5 Å². The molecule has 0 spiro atoms. The van der Waals surface area contributed by atoms with Gasteiger partial charge in [-0.3, -0.25) is 14.5 Å². The number of carboxylic acid groups (broad SMARTS) is 1. The molecule has 114 valence electrons. The number of hydrogen-bond acceptors (Lipinski definition) is 3. The van der Waals surface area contributed by atoms with E-state index in [0.29, 0.717) is 13.1 Å². The number of rotatable bonds is 8. The van der Waals surface area contributed by atoms with Gasteiger partial charge in [0.1, 0.15) is 0 Å². The van der Waals surface area contributed by atoms with Crippen molar-refractivity contribution in [3.63, 3.8) is 0 Å². The molecule has 0 fully saturated rings. The van der Waals surface area contributed by atoms with E-state index in [4.69, 9.17) is 5.11 Å². The van der Waals surface area contributed by atoms with Gasteiger partial charge in [0.05, 0.1) is 13.0 Å². The summed E-state index contributed by atoms with van der Waals surface area (Å²) >= 11 is 0. The summed E-state index contributed by atoms with van der Waals surface area (Å²) in [6.45, 7) is 8.57. The molecular weight excluding hydrogens is 268 g/mol. The maximum absolute atomic E-state index is 12.0. The summed E-state index contributed by atoms with van der Waals surface area (Å²) in [5.41, 5.74) is 3.03. The van der Waals surface area contributed by atoms with E-state index < -0.39 is 5.97 Å². The van der Waals surface area contributed by atoms with Crippen molar-refractivity contribution in [3.8, 4) is 0 Å². The minimum atomic E-state index is -0.876. The number of carbonyl (C=O) groups is 2. The summed E-state index contributed by atoms with van der Waals surface area (Å²) in [4.78, 5) is 24.4. The van der Waals surface area contributed by atoms with E-state index in [1.165, 1.54) is 5.56 Å². The van der Waals surface area contributed by atoms with Gasteiger partial charge in [-0.2, -0.15) is 0 Å². The lowest BCUT2D eigenvalue weighted by molar-refractivity contribution is -0.137. The molecule has 0 saturated heterocycles. The lowest BCUT2D eigenvalue weighted by Gasteiger charge is -2.19. The standard InChI is InChI=1S/C16H22N2O3/c1-4-8-18(9-7-16(20)21)11-15(19)17-14-6-5-12(2)13(3)10-14/h4-6,10H,1,7-9,11H2,2-3H3,(H,17,19)(H,20,21). The summed E-state index contributed by atoms with van der Waals surface area (Å²) in [5.74, 6) is -1.04. The molecular formula is C16H22N2O3. The highest BCUT2D eigenvalue weighted by Crippen LogP contribution is 2.14. The van der Waals surface area contributed by atoms with E-state index >= 15 is 0 Å². The van der Waals surface area contributed by atoms with Crippen LogP contribution in [0.3, 0.4) is 0 Å². The maximum Gasteiger partial charge on any atom is 0.304 e. The number of nitrogens with zero attached hydrogens (tertiary/aromatic N) is 1. The normalized spacial score (nSPS) is 10.4. The highest BCUT2D eigenvalue weighted by atomic mass is 16.4. The zero-order valence-corrected chi connectivity index (χ0v) is 12.6. The van der Waals surface area contributed by atoms with Gasteiger partial charge in [-0.15, -0.1) is 6.58 Å². The van der Waals surface area contributed by atoms with Crippen LogP contribution in [-0.2, 0) is 9.59 Å². The molecule has 5 heteroatoms. The predicted molar refractivity (Wildman–Crippen MR) is 83.4 cm³/mol. The number of hydrogen-bond donors (Lipinski definition) is 2.